The molecule has 8 atom stereocenters. The number of hydrogen-bond acceptors (Lipinski definition) is 1. The molecule has 4 saturated carbocycles. The molecule has 2 nitrogen and oxygen atoms in total. The Bertz CT molecular complexity index is 564. The van der Waals surface area contributed by atoms with E-state index in [1.807, 2.05) is 0 Å². The predicted molar refractivity (Wildman–Crippen MR) is 162 cm³/mol. The van der Waals surface area contributed by atoms with Gasteiger partial charge in [0.2, 0.25) is 0 Å². The molecule has 1 radical (unpaired) electrons. The molecular weight excluding hydrogens is 674 g/mol. The molecule has 0 spiro atoms. The Hall–Kier alpha value is 1.36. The van der Waals surface area contributed by atoms with Gasteiger partial charge in [-0.05, 0) is 81.7 Å². The zero-order chi connectivity index (χ0) is 25.2. The van der Waals surface area contributed by atoms with E-state index in [1.165, 1.54) is 36.4 Å². The van der Waals surface area contributed by atoms with E-state index in [4.69, 9.17) is 5.32 Å². The summed E-state index contributed by atoms with van der Waals surface area (Å²) in [6, 6.07) is 1.12. The monoisotopic (exact) mass is 731 g/mol. The minimum Gasteiger partial charge on any atom is -0.661 e. The maximum atomic E-state index is 13.1. The van der Waals surface area contributed by atoms with Gasteiger partial charge in [0.05, 0.1) is 6.17 Å². The molecule has 8 unspecified atom stereocenters. The van der Waals surface area contributed by atoms with E-state index in [9.17, 15) is 4.39 Å². The number of nitrogens with zero attached hydrogens (tertiary/aromatic N) is 2. The molecule has 0 aromatic rings. The van der Waals surface area contributed by atoms with Gasteiger partial charge in [-0.25, -0.2) is 0 Å². The average molecular weight is 731 g/mol. The van der Waals surface area contributed by atoms with E-state index < -0.39 is 6.17 Å². The van der Waals surface area contributed by atoms with Crippen LogP contribution < -0.4 is 0 Å². The summed E-state index contributed by atoms with van der Waals surface area (Å²) in [5, 5.41) is 4.73. The summed E-state index contributed by atoms with van der Waals surface area (Å²) in [5.74, 6) is 0.537. The Labute approximate surface area is 246 Å². The second-order valence-electron chi connectivity index (χ2n) is 12.9. The zero-order valence-corrected chi connectivity index (χ0v) is 28.3. The van der Waals surface area contributed by atoms with Crippen molar-refractivity contribution in [3.05, 3.63) is 11.7 Å². The Kier molecular flexibility index (Phi) is 16.0. The Morgan fingerprint density at radius 1 is 0.703 bits per heavy atom. The van der Waals surface area contributed by atoms with Crippen LogP contribution in [0.15, 0.2) is 0 Å². The molecule has 219 valence electrons. The number of piperidine rings is 1. The molecular formula is C31H57FIrN2P2-2. The van der Waals surface area contributed by atoms with Crippen molar-refractivity contribution in [1.82, 2.24) is 4.90 Å². The van der Waals surface area contributed by atoms with Crippen LogP contribution in [0.5, 0.6) is 0 Å². The first-order valence-electron chi connectivity index (χ1n) is 15.9. The second-order valence-corrected chi connectivity index (χ2v) is 16.7. The largest absolute Gasteiger partial charge is 0.661 e. The quantitative estimate of drug-likeness (QED) is 0.197. The van der Waals surface area contributed by atoms with Gasteiger partial charge in [-0.2, -0.15) is 12.0 Å². The van der Waals surface area contributed by atoms with Crippen molar-refractivity contribution in [3.8, 4) is 0 Å². The van der Waals surface area contributed by atoms with Gasteiger partial charge in [0.25, 0.3) is 0 Å². The minimum atomic E-state index is -0.593. The van der Waals surface area contributed by atoms with Crippen molar-refractivity contribution in [3.63, 3.8) is 0 Å². The van der Waals surface area contributed by atoms with E-state index in [1.54, 1.807) is 77.0 Å². The van der Waals surface area contributed by atoms with Crippen LogP contribution in [-0.4, -0.2) is 66.4 Å². The van der Waals surface area contributed by atoms with Gasteiger partial charge in [-0.15, -0.1) is 30.1 Å². The molecule has 5 rings (SSSR count). The molecule has 0 aromatic carbocycles. The molecule has 37 heavy (non-hydrogen) atoms. The normalized spacial score (nSPS) is 37.0. The first-order chi connectivity index (χ1) is 17.6. The maximum absolute atomic E-state index is 13.1. The summed E-state index contributed by atoms with van der Waals surface area (Å²) in [6.07, 6.45) is 28.1. The van der Waals surface area contributed by atoms with E-state index in [2.05, 4.69) is 25.4 Å². The molecule has 1 aliphatic heterocycles. The van der Waals surface area contributed by atoms with Crippen LogP contribution in [0, 0.1) is 12.3 Å². The summed E-state index contributed by atoms with van der Waals surface area (Å²) in [7, 11) is 6.97. The minimum absolute atomic E-state index is 0. The molecule has 0 bridgehead atoms. The van der Waals surface area contributed by atoms with Gasteiger partial charge in [0, 0.05) is 26.1 Å². The number of alkyl halides is 1. The molecule has 0 N–H and O–H groups in total. The SMILES string of the molecule is C1CCC(PC2CCCCC2PC2CCCCC2)CC1.CN(C)C1CC[N-]C(C2[CH-]CC(F)CC2)C1.[Ir]. The van der Waals surface area contributed by atoms with Crippen molar-refractivity contribution in [1.29, 1.82) is 0 Å². The second kappa shape index (κ2) is 18.0. The molecule has 1 heterocycles. The van der Waals surface area contributed by atoms with Crippen molar-refractivity contribution in [2.75, 3.05) is 20.6 Å². The molecule has 6 heteroatoms. The smallest absolute Gasteiger partial charge is 0.0733 e. The van der Waals surface area contributed by atoms with E-state index in [0.29, 0.717) is 24.4 Å². The fraction of sp³-hybridized carbons (Fsp3) is 0.968. The van der Waals surface area contributed by atoms with Gasteiger partial charge >= 0.3 is 0 Å². The van der Waals surface area contributed by atoms with Crippen LogP contribution in [0.4, 0.5) is 4.39 Å². The van der Waals surface area contributed by atoms with Crippen molar-refractivity contribution < 1.29 is 24.5 Å². The molecule has 0 amide bonds. The molecule has 5 fully saturated rings. The van der Waals surface area contributed by atoms with E-state index in [-0.39, 0.29) is 20.1 Å². The van der Waals surface area contributed by atoms with Crippen LogP contribution in [0.25, 0.3) is 5.32 Å². The number of rotatable bonds is 6. The van der Waals surface area contributed by atoms with Gasteiger partial charge in [0.15, 0.2) is 0 Å². The number of hydrogen-bond donors (Lipinski definition) is 0. The standard InChI is InChI=1S/C18H34P2.C13H23FN2.Ir/c1-3-9-15(10-4-1)19-17-13-7-8-14-18(17)20-16-11-5-2-6-12-16;1-16(2)12-7-8-15-13(9-12)10-3-5-11(14)6-4-10;/h15-20H,1-14H2;3,10-13H,4-9H2,1-2H3;/q;-2;. The van der Waals surface area contributed by atoms with Crippen LogP contribution >= 0.6 is 17.2 Å². The predicted octanol–water partition coefficient (Wildman–Crippen LogP) is 9.11. The van der Waals surface area contributed by atoms with Crippen molar-refractivity contribution in [2.45, 2.75) is 163 Å². The topological polar surface area (TPSA) is 17.3 Å². The van der Waals surface area contributed by atoms with Gasteiger partial charge in [-0.1, -0.05) is 70.6 Å². The molecule has 0 aromatic heterocycles. The zero-order valence-electron chi connectivity index (χ0n) is 23.9. The fourth-order valence-electron chi connectivity index (χ4n) is 7.59. The van der Waals surface area contributed by atoms with Crippen LogP contribution in [-0.2, 0) is 20.1 Å². The fourth-order valence-corrected chi connectivity index (χ4v) is 12.4. The first kappa shape index (κ1) is 32.9. The maximum Gasteiger partial charge on any atom is 0.0733 e. The van der Waals surface area contributed by atoms with Crippen LogP contribution in [0.2, 0.25) is 0 Å². The van der Waals surface area contributed by atoms with Crippen molar-refractivity contribution in [2.24, 2.45) is 5.92 Å². The van der Waals surface area contributed by atoms with E-state index >= 15 is 0 Å². The summed E-state index contributed by atoms with van der Waals surface area (Å²) in [4.78, 5) is 2.31. The van der Waals surface area contributed by atoms with Gasteiger partial charge in [-0.3, -0.25) is 4.39 Å². The van der Waals surface area contributed by atoms with Gasteiger partial charge < -0.3 is 16.6 Å². The third-order valence-corrected chi connectivity index (χ3v) is 14.6. The Morgan fingerprint density at radius 3 is 1.73 bits per heavy atom. The molecule has 5 aliphatic rings. The van der Waals surface area contributed by atoms with Crippen LogP contribution in [0.1, 0.15) is 122 Å². The summed E-state index contributed by atoms with van der Waals surface area (Å²) in [5.41, 5.74) is 4.61. The van der Waals surface area contributed by atoms with Gasteiger partial charge in [0.1, 0.15) is 0 Å². The average Bonchev–Trinajstić information content (AvgIpc) is 2.92. The summed E-state index contributed by atoms with van der Waals surface area (Å²) >= 11 is 0. The number of halogens is 1. The third kappa shape index (κ3) is 11.3. The van der Waals surface area contributed by atoms with Crippen molar-refractivity contribution >= 4 is 17.2 Å². The summed E-state index contributed by atoms with van der Waals surface area (Å²) < 4.78 is 13.1. The summed E-state index contributed by atoms with van der Waals surface area (Å²) in [6.45, 7) is 0.983. The first-order valence-corrected chi connectivity index (χ1v) is 18.2. The van der Waals surface area contributed by atoms with Crippen LogP contribution in [0.3, 0.4) is 0 Å². The van der Waals surface area contributed by atoms with E-state index in [0.717, 1.165) is 48.4 Å². The Morgan fingerprint density at radius 2 is 1.24 bits per heavy atom. The molecule has 4 aliphatic carbocycles. The third-order valence-electron chi connectivity index (χ3n) is 9.95. The molecule has 1 saturated heterocycles. The Balaban J connectivity index is 0.000000205.